The largest absolute Gasteiger partial charge is 0.395 e. The van der Waals surface area contributed by atoms with Crippen LogP contribution in [-0.4, -0.2) is 18.3 Å². The van der Waals surface area contributed by atoms with Gasteiger partial charge in [-0.2, -0.15) is 0 Å². The number of hydrogen-bond acceptors (Lipinski definition) is 2. The van der Waals surface area contributed by atoms with Gasteiger partial charge in [-0.05, 0) is 17.5 Å². The number of benzene rings is 1. The van der Waals surface area contributed by atoms with Crippen molar-refractivity contribution in [2.45, 2.75) is 25.7 Å². The highest BCUT2D eigenvalue weighted by molar-refractivity contribution is 5.29. The summed E-state index contributed by atoms with van der Waals surface area (Å²) in [6.45, 7) is 4.67. The zero-order chi connectivity index (χ0) is 10.6. The van der Waals surface area contributed by atoms with Crippen molar-refractivity contribution in [3.05, 3.63) is 35.4 Å². The molecule has 2 nitrogen and oxygen atoms in total. The smallest absolute Gasteiger partial charge is 0.0537 e. The summed E-state index contributed by atoms with van der Waals surface area (Å²) in [5.74, 6) is 0. The second-order valence-corrected chi connectivity index (χ2v) is 3.97. The Bertz CT molecular complexity index is 275. The molecular weight excluding hydrogens is 174 g/mol. The average molecular weight is 193 g/mol. The third kappa shape index (κ3) is 2.14. The van der Waals surface area contributed by atoms with Crippen LogP contribution in [0.25, 0.3) is 0 Å². The van der Waals surface area contributed by atoms with E-state index in [1.165, 1.54) is 5.56 Å². The maximum atomic E-state index is 9.29. The van der Waals surface area contributed by atoms with Crippen LogP contribution in [0, 0.1) is 0 Å². The molecule has 1 atom stereocenters. The first kappa shape index (κ1) is 11.2. The lowest BCUT2D eigenvalue weighted by molar-refractivity contribution is 0.210. The molecule has 1 aromatic carbocycles. The highest BCUT2D eigenvalue weighted by atomic mass is 16.3. The topological polar surface area (TPSA) is 46.2 Å². The lowest BCUT2D eigenvalue weighted by Crippen LogP contribution is -2.35. The molecule has 0 heterocycles. The molecule has 1 rings (SSSR count). The van der Waals surface area contributed by atoms with Crippen LogP contribution >= 0.6 is 0 Å². The molecule has 0 aromatic heterocycles. The lowest BCUT2D eigenvalue weighted by Gasteiger charge is -2.26. The average Bonchev–Trinajstić information content (AvgIpc) is 2.28. The molecule has 2 heteroatoms. The van der Waals surface area contributed by atoms with Gasteiger partial charge in [0, 0.05) is 12.0 Å². The molecule has 0 spiro atoms. The van der Waals surface area contributed by atoms with Gasteiger partial charge in [0.25, 0.3) is 0 Å². The van der Waals surface area contributed by atoms with Gasteiger partial charge in [-0.1, -0.05) is 38.1 Å². The molecule has 0 aliphatic carbocycles. The molecule has 1 aromatic rings. The Kier molecular flexibility index (Phi) is 3.67. The van der Waals surface area contributed by atoms with E-state index in [1.807, 2.05) is 6.92 Å². The molecule has 78 valence electrons. The molecule has 0 aliphatic rings. The lowest BCUT2D eigenvalue weighted by atomic mass is 9.83. The van der Waals surface area contributed by atoms with Gasteiger partial charge in [-0.3, -0.25) is 0 Å². The molecule has 0 aliphatic heterocycles. The van der Waals surface area contributed by atoms with E-state index in [9.17, 15) is 5.11 Å². The van der Waals surface area contributed by atoms with Crippen LogP contribution in [0.2, 0.25) is 0 Å². The third-order valence-electron chi connectivity index (χ3n) is 2.86. The quantitative estimate of drug-likeness (QED) is 0.760. The highest BCUT2D eigenvalue weighted by Gasteiger charge is 2.23. The first-order valence-corrected chi connectivity index (χ1v) is 5.06. The maximum Gasteiger partial charge on any atom is 0.0537 e. The first-order valence-electron chi connectivity index (χ1n) is 5.06. The predicted molar refractivity (Wildman–Crippen MR) is 59.3 cm³/mol. The minimum atomic E-state index is -0.299. The summed E-state index contributed by atoms with van der Waals surface area (Å²) in [6.07, 6.45) is 1.04. The van der Waals surface area contributed by atoms with Crippen molar-refractivity contribution in [3.63, 3.8) is 0 Å². The second kappa shape index (κ2) is 4.58. The van der Waals surface area contributed by atoms with E-state index in [0.29, 0.717) is 6.54 Å². The number of aliphatic hydroxyl groups excluding tert-OH is 1. The van der Waals surface area contributed by atoms with Gasteiger partial charge in [-0.15, -0.1) is 0 Å². The van der Waals surface area contributed by atoms with Crippen molar-refractivity contribution in [2.24, 2.45) is 5.73 Å². The summed E-state index contributed by atoms with van der Waals surface area (Å²) in [5, 5.41) is 9.29. The number of rotatable bonds is 4. The zero-order valence-electron chi connectivity index (χ0n) is 8.96. The Morgan fingerprint density at radius 2 is 1.86 bits per heavy atom. The monoisotopic (exact) mass is 193 g/mol. The van der Waals surface area contributed by atoms with E-state index in [2.05, 4.69) is 31.2 Å². The van der Waals surface area contributed by atoms with Crippen molar-refractivity contribution < 1.29 is 5.11 Å². The highest BCUT2D eigenvalue weighted by Crippen LogP contribution is 2.22. The molecule has 0 saturated carbocycles. The second-order valence-electron chi connectivity index (χ2n) is 3.97. The third-order valence-corrected chi connectivity index (χ3v) is 2.86. The van der Waals surface area contributed by atoms with Gasteiger partial charge in [0.05, 0.1) is 6.61 Å². The molecule has 14 heavy (non-hydrogen) atoms. The molecule has 0 saturated heterocycles. The van der Waals surface area contributed by atoms with Crippen LogP contribution in [-0.2, 0) is 11.8 Å². The number of hydrogen-bond donors (Lipinski definition) is 2. The van der Waals surface area contributed by atoms with E-state index in [0.717, 1.165) is 12.0 Å². The summed E-state index contributed by atoms with van der Waals surface area (Å²) < 4.78 is 0. The summed E-state index contributed by atoms with van der Waals surface area (Å²) in [5.41, 5.74) is 7.78. The number of nitrogens with two attached hydrogens (primary N) is 1. The fourth-order valence-electron chi connectivity index (χ4n) is 1.42. The molecule has 0 radical (unpaired) electrons. The van der Waals surface area contributed by atoms with Gasteiger partial charge in [0.15, 0.2) is 0 Å². The van der Waals surface area contributed by atoms with Crippen molar-refractivity contribution in [2.75, 3.05) is 13.2 Å². The fourth-order valence-corrected chi connectivity index (χ4v) is 1.42. The van der Waals surface area contributed by atoms with E-state index < -0.39 is 0 Å². The Morgan fingerprint density at radius 3 is 2.21 bits per heavy atom. The van der Waals surface area contributed by atoms with E-state index >= 15 is 0 Å². The van der Waals surface area contributed by atoms with Crippen LogP contribution in [0.1, 0.15) is 25.0 Å². The summed E-state index contributed by atoms with van der Waals surface area (Å²) in [6, 6.07) is 8.31. The normalized spacial score (nSPS) is 15.1. The standard InChI is InChI=1S/C12H19NO/c1-3-10-4-6-11(7-5-10)12(2,8-13)9-14/h4-7,14H,3,8-9,13H2,1-2H3. The van der Waals surface area contributed by atoms with Crippen LogP contribution in [0.5, 0.6) is 0 Å². The van der Waals surface area contributed by atoms with Crippen LogP contribution < -0.4 is 5.73 Å². The Morgan fingerprint density at radius 1 is 1.29 bits per heavy atom. The summed E-state index contributed by atoms with van der Waals surface area (Å²) >= 11 is 0. The van der Waals surface area contributed by atoms with Crippen molar-refractivity contribution >= 4 is 0 Å². The van der Waals surface area contributed by atoms with E-state index in [1.54, 1.807) is 0 Å². The van der Waals surface area contributed by atoms with E-state index in [4.69, 9.17) is 5.73 Å². The summed E-state index contributed by atoms with van der Waals surface area (Å²) in [4.78, 5) is 0. The van der Waals surface area contributed by atoms with Crippen LogP contribution in [0.15, 0.2) is 24.3 Å². The maximum absolute atomic E-state index is 9.29. The predicted octanol–water partition coefficient (Wildman–Crippen LogP) is 1.46. The van der Waals surface area contributed by atoms with Gasteiger partial charge in [0.2, 0.25) is 0 Å². The molecule has 3 N–H and O–H groups in total. The minimum Gasteiger partial charge on any atom is -0.395 e. The zero-order valence-corrected chi connectivity index (χ0v) is 8.96. The number of aliphatic hydroxyl groups is 1. The van der Waals surface area contributed by atoms with Crippen LogP contribution in [0.4, 0.5) is 0 Å². The Labute approximate surface area is 85.8 Å². The Hall–Kier alpha value is -0.860. The minimum absolute atomic E-state index is 0.0922. The summed E-state index contributed by atoms with van der Waals surface area (Å²) in [7, 11) is 0. The molecular formula is C12H19NO. The molecule has 1 unspecified atom stereocenters. The molecule has 0 fully saturated rings. The van der Waals surface area contributed by atoms with Gasteiger partial charge in [0.1, 0.15) is 0 Å². The molecule has 0 bridgehead atoms. The van der Waals surface area contributed by atoms with Crippen molar-refractivity contribution in [1.82, 2.24) is 0 Å². The van der Waals surface area contributed by atoms with Crippen LogP contribution in [0.3, 0.4) is 0 Å². The number of aryl methyl sites for hydroxylation is 1. The van der Waals surface area contributed by atoms with Gasteiger partial charge in [-0.25, -0.2) is 0 Å². The van der Waals surface area contributed by atoms with Crippen molar-refractivity contribution in [3.8, 4) is 0 Å². The van der Waals surface area contributed by atoms with Gasteiger partial charge >= 0.3 is 0 Å². The SMILES string of the molecule is CCc1ccc(C(C)(CN)CO)cc1. The molecule has 0 amide bonds. The van der Waals surface area contributed by atoms with Gasteiger partial charge < -0.3 is 10.8 Å². The first-order chi connectivity index (χ1) is 6.66. The van der Waals surface area contributed by atoms with Crippen molar-refractivity contribution in [1.29, 1.82) is 0 Å². The Balaban J connectivity index is 2.95. The van der Waals surface area contributed by atoms with E-state index in [-0.39, 0.29) is 12.0 Å². The fraction of sp³-hybridized carbons (Fsp3) is 0.500.